The normalized spacial score (nSPS) is 14.0. The summed E-state index contributed by atoms with van der Waals surface area (Å²) in [5, 5.41) is 16.9. The first kappa shape index (κ1) is 20.3. The molecular weight excluding hydrogens is 354 g/mol. The average molecular weight is 386 g/mol. The predicted molar refractivity (Wildman–Crippen MR) is 111 cm³/mol. The molecule has 0 spiro atoms. The number of rotatable bonds is 9. The van der Waals surface area contributed by atoms with Gasteiger partial charge in [-0.15, -0.1) is 0 Å². The van der Waals surface area contributed by atoms with Crippen molar-refractivity contribution in [3.05, 3.63) is 53.0 Å². The van der Waals surface area contributed by atoms with E-state index in [2.05, 4.69) is 21.7 Å². The number of hydrogen-bond acceptors (Lipinski definition) is 4. The second kappa shape index (κ2) is 10.8. The first-order valence-corrected chi connectivity index (χ1v) is 10.2. The summed E-state index contributed by atoms with van der Waals surface area (Å²) in [6.45, 7) is 5.24. The molecule has 1 aromatic heterocycles. The Balaban J connectivity index is 1.49. The van der Waals surface area contributed by atoms with Crippen LogP contribution in [-0.4, -0.2) is 30.8 Å². The number of aromatic hydroxyl groups is 1. The second-order valence-corrected chi connectivity index (χ2v) is 7.02. The van der Waals surface area contributed by atoms with E-state index in [4.69, 9.17) is 9.15 Å². The number of guanidine groups is 1. The quantitative estimate of drug-likeness (QED) is 0.350. The van der Waals surface area contributed by atoms with Crippen molar-refractivity contribution in [1.82, 2.24) is 10.6 Å². The fourth-order valence-electron chi connectivity index (χ4n) is 3.52. The van der Waals surface area contributed by atoms with Gasteiger partial charge < -0.3 is 24.9 Å². The van der Waals surface area contributed by atoms with E-state index in [9.17, 15) is 5.11 Å². The Labute approximate surface area is 167 Å². The Kier molecular flexibility index (Phi) is 7.79. The molecule has 0 fully saturated rings. The summed E-state index contributed by atoms with van der Waals surface area (Å²) in [5.74, 6) is 1.96. The molecule has 0 unspecified atom stereocenters. The monoisotopic (exact) mass is 385 g/mol. The largest absolute Gasteiger partial charge is 0.508 e. The summed E-state index contributed by atoms with van der Waals surface area (Å²) >= 11 is 0. The molecule has 2 aromatic rings. The number of nitrogens with zero attached hydrogens (tertiary/aromatic N) is 1. The second-order valence-electron chi connectivity index (χ2n) is 7.02. The third kappa shape index (κ3) is 5.76. The van der Waals surface area contributed by atoms with Crippen molar-refractivity contribution in [2.45, 2.75) is 52.2 Å². The lowest BCUT2D eigenvalue weighted by Crippen LogP contribution is -2.38. The number of furan rings is 1. The van der Waals surface area contributed by atoms with Gasteiger partial charge in [-0.25, -0.2) is 4.99 Å². The molecule has 28 heavy (non-hydrogen) atoms. The van der Waals surface area contributed by atoms with Crippen LogP contribution in [0.1, 0.15) is 48.6 Å². The van der Waals surface area contributed by atoms with E-state index in [0.29, 0.717) is 25.5 Å². The third-order valence-corrected chi connectivity index (χ3v) is 4.95. The van der Waals surface area contributed by atoms with Crippen molar-refractivity contribution in [3.63, 3.8) is 0 Å². The van der Waals surface area contributed by atoms with Crippen LogP contribution in [0.25, 0.3) is 0 Å². The van der Waals surface area contributed by atoms with Crippen molar-refractivity contribution in [2.75, 3.05) is 19.7 Å². The number of ether oxygens (including phenoxy) is 1. The maximum Gasteiger partial charge on any atom is 0.191 e. The van der Waals surface area contributed by atoms with Crippen LogP contribution in [0.15, 0.2) is 39.9 Å². The number of aliphatic imine (C=N–C) groups is 1. The molecule has 6 heteroatoms. The SMILES string of the molecule is CCNC(=NCc1c(O)ccc2c1CCCC2)NCCCOCc1ccco1. The van der Waals surface area contributed by atoms with Crippen LogP contribution in [-0.2, 0) is 30.7 Å². The summed E-state index contributed by atoms with van der Waals surface area (Å²) in [7, 11) is 0. The lowest BCUT2D eigenvalue weighted by atomic mass is 9.88. The van der Waals surface area contributed by atoms with Gasteiger partial charge in [-0.05, 0) is 68.4 Å². The van der Waals surface area contributed by atoms with Crippen LogP contribution >= 0.6 is 0 Å². The summed E-state index contributed by atoms with van der Waals surface area (Å²) in [4.78, 5) is 4.69. The molecule has 0 saturated carbocycles. The number of hydrogen-bond donors (Lipinski definition) is 3. The molecular formula is C22H31N3O3. The van der Waals surface area contributed by atoms with E-state index < -0.39 is 0 Å². The maximum absolute atomic E-state index is 10.3. The molecule has 3 rings (SSSR count). The van der Waals surface area contributed by atoms with E-state index in [1.165, 1.54) is 24.0 Å². The zero-order valence-corrected chi connectivity index (χ0v) is 16.7. The van der Waals surface area contributed by atoms with Crippen molar-refractivity contribution >= 4 is 5.96 Å². The molecule has 0 saturated heterocycles. The number of aryl methyl sites for hydroxylation is 1. The van der Waals surface area contributed by atoms with Crippen LogP contribution in [0.4, 0.5) is 0 Å². The number of phenolic OH excluding ortho intramolecular Hbond substituents is 1. The Hall–Kier alpha value is -2.47. The van der Waals surface area contributed by atoms with Crippen molar-refractivity contribution < 1.29 is 14.3 Å². The smallest absolute Gasteiger partial charge is 0.191 e. The first-order valence-electron chi connectivity index (χ1n) is 10.2. The standard InChI is InChI=1S/C22H31N3O3/c1-2-23-22(24-12-6-13-27-16-18-8-5-14-28-18)25-15-20-19-9-4-3-7-17(19)10-11-21(20)26/h5,8,10-11,14,26H,2-4,6-7,9,12-13,15-16H2,1H3,(H2,23,24,25). The van der Waals surface area contributed by atoms with Gasteiger partial charge in [0.2, 0.25) is 0 Å². The van der Waals surface area contributed by atoms with E-state index in [1.54, 1.807) is 6.26 Å². The minimum atomic E-state index is 0.353. The van der Waals surface area contributed by atoms with E-state index >= 15 is 0 Å². The molecule has 6 nitrogen and oxygen atoms in total. The zero-order valence-electron chi connectivity index (χ0n) is 16.7. The predicted octanol–water partition coefficient (Wildman–Crippen LogP) is 3.53. The summed E-state index contributed by atoms with van der Waals surface area (Å²) in [5.41, 5.74) is 3.62. The summed E-state index contributed by atoms with van der Waals surface area (Å²) in [6, 6.07) is 7.64. The lowest BCUT2D eigenvalue weighted by Gasteiger charge is -2.20. The molecule has 0 amide bonds. The summed E-state index contributed by atoms with van der Waals surface area (Å²) in [6.07, 6.45) is 7.07. The highest BCUT2D eigenvalue weighted by molar-refractivity contribution is 5.79. The molecule has 0 atom stereocenters. The summed E-state index contributed by atoms with van der Waals surface area (Å²) < 4.78 is 10.8. The molecule has 0 bridgehead atoms. The van der Waals surface area contributed by atoms with Gasteiger partial charge in [0.1, 0.15) is 18.1 Å². The van der Waals surface area contributed by atoms with Crippen LogP contribution in [0.3, 0.4) is 0 Å². The maximum atomic E-state index is 10.3. The third-order valence-electron chi connectivity index (χ3n) is 4.95. The highest BCUT2D eigenvalue weighted by atomic mass is 16.5. The molecule has 152 valence electrons. The molecule has 1 aliphatic carbocycles. The number of fused-ring (bicyclic) bond motifs is 1. The number of benzene rings is 1. The highest BCUT2D eigenvalue weighted by Gasteiger charge is 2.16. The van der Waals surface area contributed by atoms with Gasteiger partial charge in [-0.1, -0.05) is 6.07 Å². The molecule has 0 aliphatic heterocycles. The van der Waals surface area contributed by atoms with Crippen LogP contribution in [0.5, 0.6) is 5.75 Å². The van der Waals surface area contributed by atoms with Crippen molar-refractivity contribution in [3.8, 4) is 5.75 Å². The van der Waals surface area contributed by atoms with Gasteiger partial charge in [0.05, 0.1) is 12.8 Å². The van der Waals surface area contributed by atoms with Gasteiger partial charge in [0.25, 0.3) is 0 Å². The fraction of sp³-hybridized carbons (Fsp3) is 0.500. The Morgan fingerprint density at radius 1 is 1.21 bits per heavy atom. The Bertz CT molecular complexity index is 757. The fourth-order valence-corrected chi connectivity index (χ4v) is 3.52. The molecule has 1 heterocycles. The lowest BCUT2D eigenvalue weighted by molar-refractivity contribution is 0.105. The van der Waals surface area contributed by atoms with Crippen LogP contribution in [0, 0.1) is 0 Å². The van der Waals surface area contributed by atoms with Gasteiger partial charge in [0, 0.05) is 25.3 Å². The van der Waals surface area contributed by atoms with Crippen LogP contribution in [0.2, 0.25) is 0 Å². The first-order chi connectivity index (χ1) is 13.8. The Morgan fingerprint density at radius 2 is 2.11 bits per heavy atom. The van der Waals surface area contributed by atoms with Crippen LogP contribution < -0.4 is 10.6 Å². The molecule has 1 aliphatic rings. The van der Waals surface area contributed by atoms with Gasteiger partial charge in [-0.3, -0.25) is 0 Å². The average Bonchev–Trinajstić information content (AvgIpc) is 3.23. The Morgan fingerprint density at radius 3 is 2.93 bits per heavy atom. The van der Waals surface area contributed by atoms with E-state index in [-0.39, 0.29) is 0 Å². The van der Waals surface area contributed by atoms with Crippen molar-refractivity contribution in [2.24, 2.45) is 4.99 Å². The molecule has 0 radical (unpaired) electrons. The van der Waals surface area contributed by atoms with Gasteiger partial charge in [0.15, 0.2) is 5.96 Å². The number of nitrogens with one attached hydrogen (secondary N) is 2. The van der Waals surface area contributed by atoms with Gasteiger partial charge >= 0.3 is 0 Å². The molecule has 3 N–H and O–H groups in total. The number of phenols is 1. The zero-order chi connectivity index (χ0) is 19.6. The topological polar surface area (TPSA) is 79.0 Å². The van der Waals surface area contributed by atoms with E-state index in [1.807, 2.05) is 25.1 Å². The van der Waals surface area contributed by atoms with E-state index in [0.717, 1.165) is 49.6 Å². The minimum Gasteiger partial charge on any atom is -0.508 e. The highest BCUT2D eigenvalue weighted by Crippen LogP contribution is 2.30. The molecule has 1 aromatic carbocycles. The minimum absolute atomic E-state index is 0.353. The van der Waals surface area contributed by atoms with Gasteiger partial charge in [-0.2, -0.15) is 0 Å². The van der Waals surface area contributed by atoms with Crippen molar-refractivity contribution in [1.29, 1.82) is 0 Å².